The average molecular weight is 295 g/mol. The van der Waals surface area contributed by atoms with Crippen molar-refractivity contribution in [1.82, 2.24) is 0 Å². The molecule has 0 spiro atoms. The highest BCUT2D eigenvalue weighted by Crippen LogP contribution is 2.40. The van der Waals surface area contributed by atoms with E-state index in [2.05, 4.69) is 6.92 Å². The fourth-order valence-corrected chi connectivity index (χ4v) is 2.66. The fraction of sp³-hybridized carbons (Fsp3) is 0.200. The normalized spacial score (nSPS) is 14.5. The molecule has 1 aliphatic heterocycles. The van der Waals surface area contributed by atoms with Crippen LogP contribution in [0.25, 0.3) is 0 Å². The molecule has 2 aromatic rings. The zero-order chi connectivity index (χ0) is 13.4. The summed E-state index contributed by atoms with van der Waals surface area (Å²) in [6.07, 6.45) is 0. The molecule has 98 valence electrons. The van der Waals surface area contributed by atoms with Crippen molar-refractivity contribution in [3.63, 3.8) is 0 Å². The Balaban J connectivity index is 2.17. The van der Waals surface area contributed by atoms with Gasteiger partial charge in [-0.25, -0.2) is 0 Å². The van der Waals surface area contributed by atoms with Crippen molar-refractivity contribution >= 4 is 23.2 Å². The van der Waals surface area contributed by atoms with Crippen LogP contribution < -0.4 is 9.47 Å². The van der Waals surface area contributed by atoms with Crippen LogP contribution in [0.5, 0.6) is 11.5 Å². The minimum absolute atomic E-state index is 0.0997. The van der Waals surface area contributed by atoms with Gasteiger partial charge in [0.25, 0.3) is 0 Å². The van der Waals surface area contributed by atoms with Crippen molar-refractivity contribution in [3.8, 4) is 11.5 Å². The largest absolute Gasteiger partial charge is 0.457 e. The maximum absolute atomic E-state index is 6.08. The van der Waals surface area contributed by atoms with E-state index in [4.69, 9.17) is 32.7 Å². The van der Waals surface area contributed by atoms with E-state index in [0.29, 0.717) is 10.0 Å². The highest BCUT2D eigenvalue weighted by molar-refractivity contribution is 6.31. The van der Waals surface area contributed by atoms with E-state index in [0.717, 1.165) is 22.6 Å². The van der Waals surface area contributed by atoms with Gasteiger partial charge in [0.1, 0.15) is 11.5 Å². The van der Waals surface area contributed by atoms with Gasteiger partial charge in [0, 0.05) is 27.1 Å². The fourth-order valence-electron chi connectivity index (χ4n) is 2.30. The lowest BCUT2D eigenvalue weighted by atomic mass is 9.91. The van der Waals surface area contributed by atoms with Gasteiger partial charge in [0.2, 0.25) is 6.79 Å². The SMILES string of the molecule is CC1c2cc(Cl)ccc2OCOc2ccc(Cl)cc21. The van der Waals surface area contributed by atoms with Gasteiger partial charge in [-0.05, 0) is 36.4 Å². The smallest absolute Gasteiger partial charge is 0.230 e. The quantitative estimate of drug-likeness (QED) is 0.690. The molecule has 0 bridgehead atoms. The number of halogens is 2. The summed E-state index contributed by atoms with van der Waals surface area (Å²) >= 11 is 12.2. The molecule has 1 aliphatic rings. The summed E-state index contributed by atoms with van der Waals surface area (Å²) in [6.45, 7) is 2.26. The van der Waals surface area contributed by atoms with E-state index >= 15 is 0 Å². The molecule has 1 heterocycles. The van der Waals surface area contributed by atoms with Crippen molar-refractivity contribution < 1.29 is 9.47 Å². The van der Waals surface area contributed by atoms with Gasteiger partial charge in [-0.15, -0.1) is 0 Å². The van der Waals surface area contributed by atoms with Crippen molar-refractivity contribution in [2.24, 2.45) is 0 Å². The molecule has 0 saturated heterocycles. The summed E-state index contributed by atoms with van der Waals surface area (Å²) in [4.78, 5) is 0. The van der Waals surface area contributed by atoms with E-state index < -0.39 is 0 Å². The van der Waals surface area contributed by atoms with Gasteiger partial charge >= 0.3 is 0 Å². The molecule has 0 aromatic heterocycles. The molecule has 4 heteroatoms. The standard InChI is InChI=1S/C15H12Cl2O2/c1-9-12-6-10(16)2-4-14(12)18-8-19-15-5-3-11(17)7-13(9)15/h2-7,9H,8H2,1H3. The Morgan fingerprint density at radius 1 is 0.895 bits per heavy atom. The van der Waals surface area contributed by atoms with Crippen LogP contribution in [-0.2, 0) is 0 Å². The van der Waals surface area contributed by atoms with Crippen LogP contribution in [0.4, 0.5) is 0 Å². The summed E-state index contributed by atoms with van der Waals surface area (Å²) in [7, 11) is 0. The second-order valence-corrected chi connectivity index (χ2v) is 5.37. The third kappa shape index (κ3) is 2.38. The topological polar surface area (TPSA) is 18.5 Å². The summed E-state index contributed by atoms with van der Waals surface area (Å²) in [5.41, 5.74) is 2.08. The van der Waals surface area contributed by atoms with E-state index in [9.17, 15) is 0 Å². The number of fused-ring (bicyclic) bond motifs is 2. The predicted molar refractivity (Wildman–Crippen MR) is 76.5 cm³/mol. The first-order chi connectivity index (χ1) is 9.15. The summed E-state index contributed by atoms with van der Waals surface area (Å²) in [5, 5.41) is 1.39. The minimum atomic E-state index is 0.0997. The number of hydrogen-bond acceptors (Lipinski definition) is 2. The molecule has 2 nitrogen and oxygen atoms in total. The van der Waals surface area contributed by atoms with Gasteiger partial charge in [0.15, 0.2) is 0 Å². The summed E-state index contributed by atoms with van der Waals surface area (Å²) in [5.74, 6) is 1.69. The molecule has 0 aliphatic carbocycles. The first-order valence-corrected chi connectivity index (χ1v) is 6.75. The Morgan fingerprint density at radius 2 is 1.37 bits per heavy atom. The molecule has 0 N–H and O–H groups in total. The highest BCUT2D eigenvalue weighted by atomic mass is 35.5. The second kappa shape index (κ2) is 4.95. The molecule has 0 saturated carbocycles. The molecule has 0 radical (unpaired) electrons. The van der Waals surface area contributed by atoms with Crippen LogP contribution in [0.2, 0.25) is 10.0 Å². The predicted octanol–water partition coefficient (Wildman–Crippen LogP) is 4.87. The van der Waals surface area contributed by atoms with Gasteiger partial charge in [0.05, 0.1) is 0 Å². The van der Waals surface area contributed by atoms with Crippen molar-refractivity contribution in [2.45, 2.75) is 12.8 Å². The van der Waals surface area contributed by atoms with E-state index in [1.807, 2.05) is 36.4 Å². The Hall–Kier alpha value is -1.38. The number of hydrogen-bond donors (Lipinski definition) is 0. The van der Waals surface area contributed by atoms with Crippen molar-refractivity contribution in [2.75, 3.05) is 6.79 Å². The Labute approximate surface area is 121 Å². The zero-order valence-corrected chi connectivity index (χ0v) is 11.8. The van der Waals surface area contributed by atoms with Crippen LogP contribution in [0, 0.1) is 0 Å². The number of ether oxygens (including phenoxy) is 2. The van der Waals surface area contributed by atoms with Gasteiger partial charge in [-0.2, -0.15) is 0 Å². The highest BCUT2D eigenvalue weighted by Gasteiger charge is 2.21. The van der Waals surface area contributed by atoms with Gasteiger partial charge in [-0.1, -0.05) is 30.1 Å². The third-order valence-electron chi connectivity index (χ3n) is 3.31. The lowest BCUT2D eigenvalue weighted by Crippen LogP contribution is -2.13. The summed E-state index contributed by atoms with van der Waals surface area (Å²) in [6, 6.07) is 11.2. The molecule has 0 atom stereocenters. The molecule has 0 fully saturated rings. The molecule has 0 unspecified atom stereocenters. The number of benzene rings is 2. The zero-order valence-electron chi connectivity index (χ0n) is 10.3. The van der Waals surface area contributed by atoms with E-state index in [1.165, 1.54) is 0 Å². The van der Waals surface area contributed by atoms with Crippen LogP contribution in [-0.4, -0.2) is 6.79 Å². The molecular formula is C15H12Cl2O2. The summed E-state index contributed by atoms with van der Waals surface area (Å²) < 4.78 is 11.3. The minimum Gasteiger partial charge on any atom is -0.457 e. The van der Waals surface area contributed by atoms with Crippen LogP contribution in [0.1, 0.15) is 24.0 Å². The van der Waals surface area contributed by atoms with Crippen molar-refractivity contribution in [1.29, 1.82) is 0 Å². The lowest BCUT2D eigenvalue weighted by molar-refractivity contribution is 0.114. The third-order valence-corrected chi connectivity index (χ3v) is 3.78. The van der Waals surface area contributed by atoms with Gasteiger partial charge in [-0.3, -0.25) is 0 Å². The first-order valence-electron chi connectivity index (χ1n) is 5.99. The Bertz CT molecular complexity index is 572. The first kappa shape index (κ1) is 12.6. The lowest BCUT2D eigenvalue weighted by Gasteiger charge is -2.24. The second-order valence-electron chi connectivity index (χ2n) is 4.49. The Morgan fingerprint density at radius 3 is 1.84 bits per heavy atom. The van der Waals surface area contributed by atoms with Gasteiger partial charge < -0.3 is 9.47 Å². The van der Waals surface area contributed by atoms with E-state index in [-0.39, 0.29) is 12.7 Å². The van der Waals surface area contributed by atoms with E-state index in [1.54, 1.807) is 0 Å². The monoisotopic (exact) mass is 294 g/mol. The maximum Gasteiger partial charge on any atom is 0.230 e. The van der Waals surface area contributed by atoms with Crippen LogP contribution in [0.15, 0.2) is 36.4 Å². The Kier molecular flexibility index (Phi) is 3.29. The molecule has 19 heavy (non-hydrogen) atoms. The average Bonchev–Trinajstić information content (AvgIpc) is 2.39. The van der Waals surface area contributed by atoms with Crippen LogP contribution >= 0.6 is 23.2 Å². The van der Waals surface area contributed by atoms with Crippen LogP contribution in [0.3, 0.4) is 0 Å². The molecule has 0 amide bonds. The molecule has 3 rings (SSSR count). The maximum atomic E-state index is 6.08. The molecular weight excluding hydrogens is 283 g/mol. The van der Waals surface area contributed by atoms with Crippen molar-refractivity contribution in [3.05, 3.63) is 57.6 Å². The molecule has 2 aromatic carbocycles. The number of rotatable bonds is 0.